The SMILES string of the molecule is O=C(Nc1cccc(C#Cc2ccccn2)c1)[C@@H]1COc2ccccc2O1. The van der Waals surface area contributed by atoms with Gasteiger partial charge in [-0.1, -0.05) is 30.2 Å². The van der Waals surface area contributed by atoms with Gasteiger partial charge in [0.1, 0.15) is 12.3 Å². The number of aromatic nitrogens is 1. The minimum Gasteiger partial charge on any atom is -0.485 e. The lowest BCUT2D eigenvalue weighted by Gasteiger charge is -2.25. The third-order valence-corrected chi connectivity index (χ3v) is 3.93. The molecule has 1 aliphatic rings. The minimum atomic E-state index is -0.705. The van der Waals surface area contributed by atoms with Crippen LogP contribution in [0.25, 0.3) is 0 Å². The highest BCUT2D eigenvalue weighted by Crippen LogP contribution is 2.31. The Labute approximate surface area is 157 Å². The molecule has 0 saturated carbocycles. The van der Waals surface area contributed by atoms with Gasteiger partial charge in [-0.15, -0.1) is 0 Å². The molecule has 5 nitrogen and oxygen atoms in total. The first-order valence-corrected chi connectivity index (χ1v) is 8.50. The van der Waals surface area contributed by atoms with Crippen LogP contribution in [0.3, 0.4) is 0 Å². The molecule has 0 fully saturated rings. The molecule has 0 spiro atoms. The van der Waals surface area contributed by atoms with E-state index in [1.807, 2.05) is 60.7 Å². The van der Waals surface area contributed by atoms with Gasteiger partial charge in [0.05, 0.1) is 0 Å². The average Bonchev–Trinajstić information content (AvgIpc) is 2.73. The van der Waals surface area contributed by atoms with Gasteiger partial charge in [0, 0.05) is 17.4 Å². The Morgan fingerprint density at radius 2 is 1.85 bits per heavy atom. The first kappa shape index (κ1) is 16.7. The van der Waals surface area contributed by atoms with E-state index in [2.05, 4.69) is 22.1 Å². The number of nitrogens with zero attached hydrogens (tertiary/aromatic N) is 1. The Kier molecular flexibility index (Phi) is 4.71. The standard InChI is InChI=1S/C22H16N2O3/c25-22(21-15-26-19-9-1-2-10-20(19)27-21)24-18-8-5-6-16(14-18)11-12-17-7-3-4-13-23-17/h1-10,13-14,21H,15H2,(H,24,25)/t21-/m0/s1. The summed E-state index contributed by atoms with van der Waals surface area (Å²) in [5.41, 5.74) is 2.12. The van der Waals surface area contributed by atoms with Crippen LogP contribution in [0.2, 0.25) is 0 Å². The molecular weight excluding hydrogens is 340 g/mol. The summed E-state index contributed by atoms with van der Waals surface area (Å²) in [6.45, 7) is 0.169. The molecule has 0 saturated heterocycles. The number of para-hydroxylation sites is 2. The Morgan fingerprint density at radius 1 is 1.00 bits per heavy atom. The summed E-state index contributed by atoms with van der Waals surface area (Å²) in [5, 5.41) is 2.85. The highest BCUT2D eigenvalue weighted by Gasteiger charge is 2.27. The largest absolute Gasteiger partial charge is 0.485 e. The van der Waals surface area contributed by atoms with Crippen LogP contribution in [-0.2, 0) is 4.79 Å². The fourth-order valence-electron chi connectivity index (χ4n) is 2.62. The fourth-order valence-corrected chi connectivity index (χ4v) is 2.62. The number of carbonyl (C=O) groups excluding carboxylic acids is 1. The van der Waals surface area contributed by atoms with E-state index in [9.17, 15) is 4.79 Å². The van der Waals surface area contributed by atoms with Gasteiger partial charge in [-0.05, 0) is 48.4 Å². The van der Waals surface area contributed by atoms with Gasteiger partial charge in [-0.3, -0.25) is 4.79 Å². The molecule has 27 heavy (non-hydrogen) atoms. The smallest absolute Gasteiger partial charge is 0.269 e. The van der Waals surface area contributed by atoms with Crippen LogP contribution in [0.1, 0.15) is 11.3 Å². The summed E-state index contributed by atoms with van der Waals surface area (Å²) >= 11 is 0. The maximum absolute atomic E-state index is 12.5. The lowest BCUT2D eigenvalue weighted by Crippen LogP contribution is -2.40. The quantitative estimate of drug-likeness (QED) is 0.716. The Balaban J connectivity index is 1.44. The Bertz CT molecular complexity index is 1020. The van der Waals surface area contributed by atoms with Crippen LogP contribution < -0.4 is 14.8 Å². The number of ether oxygens (including phenoxy) is 2. The molecule has 1 atom stereocenters. The number of nitrogens with one attached hydrogen (secondary N) is 1. The molecule has 3 aromatic rings. The molecule has 1 N–H and O–H groups in total. The van der Waals surface area contributed by atoms with Crippen molar-refractivity contribution in [2.24, 2.45) is 0 Å². The second kappa shape index (κ2) is 7.63. The van der Waals surface area contributed by atoms with Crippen molar-refractivity contribution >= 4 is 11.6 Å². The molecule has 0 bridgehead atoms. The second-order valence-corrected chi connectivity index (χ2v) is 5.90. The van der Waals surface area contributed by atoms with Gasteiger partial charge in [0.2, 0.25) is 6.10 Å². The summed E-state index contributed by atoms with van der Waals surface area (Å²) in [7, 11) is 0. The lowest BCUT2D eigenvalue weighted by molar-refractivity contribution is -0.125. The van der Waals surface area contributed by atoms with E-state index in [-0.39, 0.29) is 12.5 Å². The van der Waals surface area contributed by atoms with Crippen molar-refractivity contribution in [3.8, 4) is 23.3 Å². The third-order valence-electron chi connectivity index (χ3n) is 3.93. The number of hydrogen-bond acceptors (Lipinski definition) is 4. The summed E-state index contributed by atoms with van der Waals surface area (Å²) in [5.74, 6) is 7.00. The van der Waals surface area contributed by atoms with Crippen molar-refractivity contribution in [2.45, 2.75) is 6.10 Å². The molecule has 1 amide bonds. The van der Waals surface area contributed by atoms with Crippen LogP contribution in [0.4, 0.5) is 5.69 Å². The average molecular weight is 356 g/mol. The summed E-state index contributed by atoms with van der Waals surface area (Å²) < 4.78 is 11.3. The van der Waals surface area contributed by atoms with Crippen LogP contribution in [0, 0.1) is 11.8 Å². The van der Waals surface area contributed by atoms with E-state index in [4.69, 9.17) is 9.47 Å². The van der Waals surface area contributed by atoms with E-state index in [0.717, 1.165) is 5.56 Å². The summed E-state index contributed by atoms with van der Waals surface area (Å²) in [6.07, 6.45) is 0.994. The van der Waals surface area contributed by atoms with E-state index in [0.29, 0.717) is 22.9 Å². The molecule has 2 aromatic carbocycles. The number of hydrogen-bond donors (Lipinski definition) is 1. The molecule has 0 radical (unpaired) electrons. The number of carbonyl (C=O) groups is 1. The zero-order valence-corrected chi connectivity index (χ0v) is 14.4. The molecule has 0 aliphatic carbocycles. The number of fused-ring (bicyclic) bond motifs is 1. The van der Waals surface area contributed by atoms with E-state index in [1.165, 1.54) is 0 Å². The summed E-state index contributed by atoms with van der Waals surface area (Å²) in [4.78, 5) is 16.7. The molecule has 5 heteroatoms. The number of amides is 1. The van der Waals surface area contributed by atoms with Crippen molar-refractivity contribution in [1.82, 2.24) is 4.98 Å². The van der Waals surface area contributed by atoms with Crippen LogP contribution in [0.5, 0.6) is 11.5 Å². The Hall–Kier alpha value is -3.78. The molecular formula is C22H16N2O3. The van der Waals surface area contributed by atoms with Crippen molar-refractivity contribution < 1.29 is 14.3 Å². The normalized spacial score (nSPS) is 14.6. The minimum absolute atomic E-state index is 0.169. The van der Waals surface area contributed by atoms with Gasteiger partial charge in [-0.25, -0.2) is 4.98 Å². The Morgan fingerprint density at radius 3 is 2.70 bits per heavy atom. The van der Waals surface area contributed by atoms with E-state index >= 15 is 0 Å². The zero-order valence-electron chi connectivity index (χ0n) is 14.4. The van der Waals surface area contributed by atoms with Crippen LogP contribution in [-0.4, -0.2) is 23.6 Å². The fraction of sp³-hybridized carbons (Fsp3) is 0.0909. The predicted molar refractivity (Wildman–Crippen MR) is 102 cm³/mol. The first-order chi connectivity index (χ1) is 13.3. The second-order valence-electron chi connectivity index (χ2n) is 5.90. The number of rotatable bonds is 2. The maximum atomic E-state index is 12.5. The van der Waals surface area contributed by atoms with E-state index < -0.39 is 6.10 Å². The van der Waals surface area contributed by atoms with Crippen molar-refractivity contribution in [1.29, 1.82) is 0 Å². The number of anilines is 1. The number of pyridine rings is 1. The van der Waals surface area contributed by atoms with Gasteiger partial charge < -0.3 is 14.8 Å². The van der Waals surface area contributed by atoms with Crippen LogP contribution in [0.15, 0.2) is 72.9 Å². The monoisotopic (exact) mass is 356 g/mol. The van der Waals surface area contributed by atoms with Crippen molar-refractivity contribution in [3.05, 3.63) is 84.2 Å². The molecule has 0 unspecified atom stereocenters. The maximum Gasteiger partial charge on any atom is 0.269 e. The third kappa shape index (κ3) is 4.07. The van der Waals surface area contributed by atoms with Gasteiger partial charge >= 0.3 is 0 Å². The first-order valence-electron chi connectivity index (χ1n) is 8.50. The van der Waals surface area contributed by atoms with Crippen molar-refractivity contribution in [2.75, 3.05) is 11.9 Å². The molecule has 1 aliphatic heterocycles. The molecule has 1 aromatic heterocycles. The highest BCUT2D eigenvalue weighted by molar-refractivity contribution is 5.94. The summed E-state index contributed by atoms with van der Waals surface area (Å²) in [6, 6.07) is 20.2. The highest BCUT2D eigenvalue weighted by atomic mass is 16.6. The predicted octanol–water partition coefficient (Wildman–Crippen LogP) is 3.26. The molecule has 4 rings (SSSR count). The molecule has 2 heterocycles. The zero-order chi connectivity index (χ0) is 18.5. The van der Waals surface area contributed by atoms with Crippen LogP contribution >= 0.6 is 0 Å². The topological polar surface area (TPSA) is 60.5 Å². The van der Waals surface area contributed by atoms with Gasteiger partial charge in [0.25, 0.3) is 5.91 Å². The van der Waals surface area contributed by atoms with Gasteiger partial charge in [-0.2, -0.15) is 0 Å². The lowest BCUT2D eigenvalue weighted by atomic mass is 10.2. The van der Waals surface area contributed by atoms with E-state index in [1.54, 1.807) is 12.3 Å². The van der Waals surface area contributed by atoms with Crippen molar-refractivity contribution in [3.63, 3.8) is 0 Å². The number of benzene rings is 2. The molecule has 132 valence electrons. The van der Waals surface area contributed by atoms with Gasteiger partial charge in [0.15, 0.2) is 11.5 Å².